The molecule has 210 valence electrons. The summed E-state index contributed by atoms with van der Waals surface area (Å²) in [5.74, 6) is 1.32. The predicted molar refractivity (Wildman–Crippen MR) is 170 cm³/mol. The van der Waals surface area contributed by atoms with Gasteiger partial charge in [-0.25, -0.2) is 9.97 Å². The fraction of sp³-hybridized carbons (Fsp3) is 0.278. The van der Waals surface area contributed by atoms with Crippen LogP contribution < -0.4 is 9.80 Å². The van der Waals surface area contributed by atoms with Crippen molar-refractivity contribution < 1.29 is 8.83 Å². The molecule has 6 aromatic rings. The van der Waals surface area contributed by atoms with Gasteiger partial charge in [-0.15, -0.1) is 0 Å². The van der Waals surface area contributed by atoms with Crippen molar-refractivity contribution in [3.8, 4) is 34.0 Å². The molecule has 0 spiro atoms. The first-order valence-corrected chi connectivity index (χ1v) is 15.1. The molecule has 4 heterocycles. The van der Waals surface area contributed by atoms with Crippen molar-refractivity contribution in [2.45, 2.75) is 39.5 Å². The van der Waals surface area contributed by atoms with E-state index >= 15 is 0 Å². The Kier molecular flexibility index (Phi) is 6.02. The first-order valence-electron chi connectivity index (χ1n) is 15.1. The van der Waals surface area contributed by atoms with Gasteiger partial charge in [0.2, 0.25) is 11.8 Å². The van der Waals surface area contributed by atoms with Crippen LogP contribution in [0.2, 0.25) is 0 Å². The molecule has 0 bridgehead atoms. The number of fused-ring (bicyclic) bond motifs is 2. The highest BCUT2D eigenvalue weighted by molar-refractivity contribution is 5.85. The minimum Gasteiger partial charge on any atom is -0.436 e. The lowest BCUT2D eigenvalue weighted by Gasteiger charge is -2.17. The van der Waals surface area contributed by atoms with Gasteiger partial charge >= 0.3 is 0 Å². The molecule has 2 aromatic heterocycles. The van der Waals surface area contributed by atoms with Crippen LogP contribution >= 0.6 is 0 Å². The number of hydrogen-bond acceptors (Lipinski definition) is 6. The summed E-state index contributed by atoms with van der Waals surface area (Å²) in [6.07, 6.45) is 5.03. The second-order valence-corrected chi connectivity index (χ2v) is 11.8. The van der Waals surface area contributed by atoms with Gasteiger partial charge in [-0.2, -0.15) is 0 Å². The smallest absolute Gasteiger partial charge is 0.227 e. The largest absolute Gasteiger partial charge is 0.436 e. The summed E-state index contributed by atoms with van der Waals surface area (Å²) in [6, 6.07) is 25.7. The van der Waals surface area contributed by atoms with Crippen molar-refractivity contribution in [2.24, 2.45) is 0 Å². The number of nitrogens with zero attached hydrogens (tertiary/aromatic N) is 4. The van der Waals surface area contributed by atoms with Crippen molar-refractivity contribution in [1.29, 1.82) is 0 Å². The molecule has 42 heavy (non-hydrogen) atoms. The molecule has 8 rings (SSSR count). The molecule has 0 unspecified atom stereocenters. The summed E-state index contributed by atoms with van der Waals surface area (Å²) in [4.78, 5) is 14.6. The zero-order valence-electron chi connectivity index (χ0n) is 24.2. The molecule has 0 atom stereocenters. The van der Waals surface area contributed by atoms with Gasteiger partial charge in [0.25, 0.3) is 0 Å². The van der Waals surface area contributed by atoms with E-state index in [2.05, 4.69) is 96.4 Å². The van der Waals surface area contributed by atoms with E-state index in [1.807, 2.05) is 0 Å². The summed E-state index contributed by atoms with van der Waals surface area (Å²) in [5, 5.41) is 0. The molecule has 0 N–H and O–H groups in total. The van der Waals surface area contributed by atoms with Crippen LogP contribution in [0.1, 0.15) is 36.8 Å². The molecule has 6 nitrogen and oxygen atoms in total. The number of hydrogen-bond donors (Lipinski definition) is 0. The van der Waals surface area contributed by atoms with Crippen LogP contribution in [-0.2, 0) is 0 Å². The highest BCUT2D eigenvalue weighted by Crippen LogP contribution is 2.34. The Labute approximate surface area is 245 Å². The lowest BCUT2D eigenvalue weighted by molar-refractivity contribution is 0.617. The maximum absolute atomic E-state index is 6.23. The SMILES string of the molecule is Cc1cc(N2CCCC2)cc2nc(-c3ccc(-c4ccc(-c5nc6cc(N7CCCC7)cc(C)c6o5)cc4)cc3)oc12. The van der Waals surface area contributed by atoms with E-state index in [1.165, 1.54) is 37.1 Å². The lowest BCUT2D eigenvalue weighted by atomic mass is 10.0. The van der Waals surface area contributed by atoms with Gasteiger partial charge < -0.3 is 18.6 Å². The molecule has 0 saturated carbocycles. The zero-order valence-corrected chi connectivity index (χ0v) is 24.2. The third-order valence-electron chi connectivity index (χ3n) is 8.86. The highest BCUT2D eigenvalue weighted by atomic mass is 16.4. The Morgan fingerprint density at radius 2 is 0.857 bits per heavy atom. The first kappa shape index (κ1) is 25.2. The molecule has 0 radical (unpaired) electrons. The minimum atomic E-state index is 0.660. The van der Waals surface area contributed by atoms with Gasteiger partial charge in [0.05, 0.1) is 0 Å². The third kappa shape index (κ3) is 4.42. The van der Waals surface area contributed by atoms with Gasteiger partial charge in [0.15, 0.2) is 11.2 Å². The van der Waals surface area contributed by atoms with Crippen LogP contribution in [0.25, 0.3) is 56.2 Å². The van der Waals surface area contributed by atoms with Crippen molar-refractivity contribution >= 4 is 33.6 Å². The Bertz CT molecular complexity index is 1760. The molecule has 2 saturated heterocycles. The van der Waals surface area contributed by atoms with E-state index in [-0.39, 0.29) is 0 Å². The standard InChI is InChI=1S/C36H34N4O2/c1-23-19-29(39-15-3-4-16-39)21-31-33(23)41-35(37-31)27-11-7-25(8-12-27)26-9-13-28(14-10-26)36-38-32-22-30(40-17-5-6-18-40)20-24(2)34(32)42-36/h7-14,19-22H,3-6,15-18H2,1-2H3. The van der Waals surface area contributed by atoms with E-state index < -0.39 is 0 Å². The van der Waals surface area contributed by atoms with E-state index in [0.29, 0.717) is 11.8 Å². The van der Waals surface area contributed by atoms with Crippen molar-refractivity contribution in [3.63, 3.8) is 0 Å². The normalized spacial score (nSPS) is 15.5. The number of benzene rings is 4. The summed E-state index contributed by atoms with van der Waals surface area (Å²) in [5.41, 5.74) is 12.6. The maximum Gasteiger partial charge on any atom is 0.227 e. The van der Waals surface area contributed by atoms with Gasteiger partial charge in [0.1, 0.15) is 11.0 Å². The van der Waals surface area contributed by atoms with Gasteiger partial charge in [-0.05, 0) is 110 Å². The van der Waals surface area contributed by atoms with Crippen molar-refractivity contribution in [1.82, 2.24) is 9.97 Å². The fourth-order valence-electron chi connectivity index (χ4n) is 6.54. The molecule has 2 fully saturated rings. The molecular weight excluding hydrogens is 520 g/mol. The molecule has 2 aliphatic heterocycles. The van der Waals surface area contributed by atoms with Crippen LogP contribution in [0.4, 0.5) is 11.4 Å². The van der Waals surface area contributed by atoms with E-state index in [9.17, 15) is 0 Å². The molecule has 6 heteroatoms. The van der Waals surface area contributed by atoms with Gasteiger partial charge in [0, 0.05) is 48.7 Å². The van der Waals surface area contributed by atoms with Crippen molar-refractivity contribution in [2.75, 3.05) is 36.0 Å². The molecule has 0 amide bonds. The number of rotatable bonds is 5. The Balaban J connectivity index is 1.03. The zero-order chi connectivity index (χ0) is 28.2. The second-order valence-electron chi connectivity index (χ2n) is 11.8. The molecule has 0 aliphatic carbocycles. The Morgan fingerprint density at radius 1 is 0.500 bits per heavy atom. The number of aryl methyl sites for hydroxylation is 2. The highest BCUT2D eigenvalue weighted by Gasteiger charge is 2.19. The fourth-order valence-corrected chi connectivity index (χ4v) is 6.54. The molecule has 2 aliphatic rings. The van der Waals surface area contributed by atoms with Crippen LogP contribution in [0.5, 0.6) is 0 Å². The monoisotopic (exact) mass is 554 g/mol. The maximum atomic E-state index is 6.23. The number of anilines is 2. The number of aromatic nitrogens is 2. The van der Waals surface area contributed by atoms with Gasteiger partial charge in [-0.1, -0.05) is 24.3 Å². The van der Waals surface area contributed by atoms with Gasteiger partial charge in [-0.3, -0.25) is 0 Å². The first-order chi connectivity index (χ1) is 20.6. The van der Waals surface area contributed by atoms with E-state index in [1.54, 1.807) is 0 Å². The van der Waals surface area contributed by atoms with Crippen LogP contribution in [0.3, 0.4) is 0 Å². The summed E-state index contributed by atoms with van der Waals surface area (Å²) >= 11 is 0. The topological polar surface area (TPSA) is 58.5 Å². The molecule has 4 aromatic carbocycles. The Morgan fingerprint density at radius 3 is 1.24 bits per heavy atom. The van der Waals surface area contributed by atoms with E-state index in [0.717, 1.165) is 81.8 Å². The predicted octanol–water partition coefficient (Wildman–Crippen LogP) is 8.79. The average Bonchev–Trinajstić information content (AvgIpc) is 3.84. The number of oxazole rings is 2. The molecular formula is C36H34N4O2. The van der Waals surface area contributed by atoms with Crippen LogP contribution in [0.15, 0.2) is 81.6 Å². The van der Waals surface area contributed by atoms with Crippen LogP contribution in [0, 0.1) is 13.8 Å². The minimum absolute atomic E-state index is 0.660. The van der Waals surface area contributed by atoms with E-state index in [4.69, 9.17) is 18.8 Å². The quantitative estimate of drug-likeness (QED) is 0.212. The Hall–Kier alpha value is -4.58. The summed E-state index contributed by atoms with van der Waals surface area (Å²) in [6.45, 7) is 8.69. The average molecular weight is 555 g/mol. The lowest BCUT2D eigenvalue weighted by Crippen LogP contribution is -2.17. The second kappa shape index (κ2) is 10.1. The van der Waals surface area contributed by atoms with Crippen molar-refractivity contribution in [3.05, 3.63) is 83.9 Å². The summed E-state index contributed by atoms with van der Waals surface area (Å²) in [7, 11) is 0. The third-order valence-corrected chi connectivity index (χ3v) is 8.86. The summed E-state index contributed by atoms with van der Waals surface area (Å²) < 4.78 is 12.5. The van der Waals surface area contributed by atoms with Crippen LogP contribution in [-0.4, -0.2) is 36.1 Å².